The molecule has 0 aliphatic heterocycles. The van der Waals surface area contributed by atoms with Gasteiger partial charge in [-0.3, -0.25) is 10.1 Å². The van der Waals surface area contributed by atoms with Crippen LogP contribution in [0.4, 0.5) is 5.69 Å². The van der Waals surface area contributed by atoms with Crippen LogP contribution >= 0.6 is 23.6 Å². The lowest BCUT2D eigenvalue weighted by Crippen LogP contribution is -1.96. The molecular weight excluding hydrogens is 304 g/mol. The van der Waals surface area contributed by atoms with E-state index in [-0.39, 0.29) is 10.6 Å². The lowest BCUT2D eigenvalue weighted by atomic mass is 10.1. The molecule has 0 amide bonds. The second-order valence-electron chi connectivity index (χ2n) is 4.42. The highest BCUT2D eigenvalue weighted by Crippen LogP contribution is 2.22. The van der Waals surface area contributed by atoms with Gasteiger partial charge in [0.15, 0.2) is 3.95 Å². The van der Waals surface area contributed by atoms with Gasteiger partial charge in [-0.2, -0.15) is 0 Å². The minimum atomic E-state index is -0.359. The Morgan fingerprint density at radius 3 is 2.29 bits per heavy atom. The van der Waals surface area contributed by atoms with Crippen LogP contribution in [0.15, 0.2) is 53.9 Å². The summed E-state index contributed by atoms with van der Waals surface area (Å²) < 4.78 is 0.828. The lowest BCUT2D eigenvalue weighted by molar-refractivity contribution is -0.386. The Bertz CT molecular complexity index is 946. The van der Waals surface area contributed by atoms with Crippen molar-refractivity contribution in [2.75, 3.05) is 0 Å². The maximum atomic E-state index is 10.0. The van der Waals surface area contributed by atoms with Crippen LogP contribution in [0, 0.1) is 24.5 Å². The number of nitro groups is 1. The first kappa shape index (κ1) is 13.7. The van der Waals surface area contributed by atoms with Crippen molar-refractivity contribution in [1.82, 2.24) is 4.98 Å². The summed E-state index contributed by atoms with van der Waals surface area (Å²) in [6.45, 7) is 0. The molecule has 0 unspecified atom stereocenters. The molecule has 0 atom stereocenters. The fourth-order valence-corrected chi connectivity index (χ4v) is 2.80. The maximum Gasteiger partial charge on any atom is 0.277 e. The standard InChI is InChI=1S/C9H7NS2.C6H3NO2/c11-9-10-8(6-12-9)7-4-2-1-3-5-7;8-7(9)6-3-4-1-2-5(4)6/h1-6H,(H,10,11);1-3H. The van der Waals surface area contributed by atoms with Crippen LogP contribution in [0.3, 0.4) is 0 Å². The van der Waals surface area contributed by atoms with Crippen molar-refractivity contribution in [3.8, 4) is 11.3 Å². The summed E-state index contributed by atoms with van der Waals surface area (Å²) in [6.07, 6.45) is 0. The first-order valence-corrected chi connectivity index (χ1v) is 7.46. The molecule has 2 aliphatic carbocycles. The van der Waals surface area contributed by atoms with E-state index in [1.165, 1.54) is 5.56 Å². The minimum Gasteiger partial charge on any atom is -0.337 e. The van der Waals surface area contributed by atoms with Crippen LogP contribution in [-0.2, 0) is 0 Å². The van der Waals surface area contributed by atoms with Gasteiger partial charge >= 0.3 is 0 Å². The van der Waals surface area contributed by atoms with Gasteiger partial charge in [0.1, 0.15) is 0 Å². The second-order valence-corrected chi connectivity index (χ2v) is 5.96. The number of nitro benzene ring substituents is 1. The van der Waals surface area contributed by atoms with E-state index in [4.69, 9.17) is 12.2 Å². The number of non-ortho nitro benzene ring substituents is 1. The topological polar surface area (TPSA) is 58.9 Å². The third-order valence-electron chi connectivity index (χ3n) is 3.11. The van der Waals surface area contributed by atoms with Gasteiger partial charge in [-0.15, -0.1) is 11.3 Å². The van der Waals surface area contributed by atoms with Gasteiger partial charge in [0.25, 0.3) is 5.69 Å². The van der Waals surface area contributed by atoms with Gasteiger partial charge in [-0.05, 0) is 29.1 Å². The van der Waals surface area contributed by atoms with Crippen LogP contribution in [0.1, 0.15) is 0 Å². The molecule has 1 aromatic carbocycles. The molecule has 2 aliphatic rings. The number of benzene rings is 2. The van der Waals surface area contributed by atoms with Crippen LogP contribution in [0.2, 0.25) is 0 Å². The predicted octanol–water partition coefficient (Wildman–Crippen LogP) is 4.67. The second kappa shape index (κ2) is 5.59. The van der Waals surface area contributed by atoms with E-state index in [1.54, 1.807) is 23.5 Å². The van der Waals surface area contributed by atoms with Crippen molar-refractivity contribution in [2.45, 2.75) is 0 Å². The highest BCUT2D eigenvalue weighted by molar-refractivity contribution is 7.73. The number of H-pyrrole nitrogens is 1. The first-order valence-electron chi connectivity index (χ1n) is 6.17. The fourth-order valence-electron chi connectivity index (χ4n) is 1.96. The van der Waals surface area contributed by atoms with Crippen molar-refractivity contribution >= 4 is 29.2 Å². The number of rotatable bonds is 2. The van der Waals surface area contributed by atoms with Crippen LogP contribution < -0.4 is 0 Å². The lowest BCUT2D eigenvalue weighted by Gasteiger charge is -2.01. The van der Waals surface area contributed by atoms with E-state index < -0.39 is 0 Å². The van der Waals surface area contributed by atoms with E-state index >= 15 is 0 Å². The number of aromatic nitrogens is 1. The highest BCUT2D eigenvalue weighted by atomic mass is 32.1. The molecule has 0 fully saturated rings. The van der Waals surface area contributed by atoms with Gasteiger partial charge in [0, 0.05) is 11.4 Å². The van der Waals surface area contributed by atoms with Gasteiger partial charge < -0.3 is 4.98 Å². The molecule has 4 rings (SSSR count). The van der Waals surface area contributed by atoms with E-state index in [0.717, 1.165) is 20.1 Å². The van der Waals surface area contributed by atoms with Crippen LogP contribution in [0.25, 0.3) is 11.3 Å². The monoisotopic (exact) mass is 314 g/mol. The summed E-state index contributed by atoms with van der Waals surface area (Å²) in [7, 11) is 0. The Balaban J connectivity index is 0.000000131. The Kier molecular flexibility index (Phi) is 3.64. The summed E-state index contributed by atoms with van der Waals surface area (Å²) in [5.41, 5.74) is 2.54. The molecule has 1 aromatic heterocycles. The van der Waals surface area contributed by atoms with Crippen molar-refractivity contribution in [1.29, 1.82) is 0 Å². The Morgan fingerprint density at radius 1 is 1.14 bits per heavy atom. The SMILES string of the molecule is O=[N+]([O-])c1cc2ccc1=2.S=c1[nH]c(-c2ccccc2)cs1. The third kappa shape index (κ3) is 2.76. The van der Waals surface area contributed by atoms with Gasteiger partial charge in [-0.1, -0.05) is 36.4 Å². The molecule has 4 nitrogen and oxygen atoms in total. The molecule has 1 heterocycles. The minimum absolute atomic E-state index is 0.257. The molecule has 1 N–H and O–H groups in total. The highest BCUT2D eigenvalue weighted by Gasteiger charge is 2.15. The van der Waals surface area contributed by atoms with Gasteiger partial charge in [0.2, 0.25) is 0 Å². The molecular formula is C15H10N2O2S2. The van der Waals surface area contributed by atoms with Crippen LogP contribution in [0.5, 0.6) is 0 Å². The van der Waals surface area contributed by atoms with E-state index in [0.29, 0.717) is 0 Å². The van der Waals surface area contributed by atoms with Crippen LogP contribution in [-0.4, -0.2) is 9.91 Å². The zero-order valence-corrected chi connectivity index (χ0v) is 12.4. The molecule has 0 saturated heterocycles. The zero-order chi connectivity index (χ0) is 14.8. The maximum absolute atomic E-state index is 10.0. The summed E-state index contributed by atoms with van der Waals surface area (Å²) in [5, 5.41) is 13.9. The van der Waals surface area contributed by atoms with Gasteiger partial charge in [-0.25, -0.2) is 0 Å². The fraction of sp³-hybridized carbons (Fsp3) is 0. The molecule has 0 saturated carbocycles. The van der Waals surface area contributed by atoms with Crippen molar-refractivity contribution < 1.29 is 4.92 Å². The number of nitrogens with zero attached hydrogens (tertiary/aromatic N) is 1. The molecule has 21 heavy (non-hydrogen) atoms. The number of aromatic amines is 1. The van der Waals surface area contributed by atoms with Crippen molar-refractivity contribution in [2.24, 2.45) is 0 Å². The quantitative estimate of drug-likeness (QED) is 0.332. The zero-order valence-electron chi connectivity index (χ0n) is 10.8. The van der Waals surface area contributed by atoms with E-state index in [9.17, 15) is 10.1 Å². The van der Waals surface area contributed by atoms with Crippen molar-refractivity contribution in [3.63, 3.8) is 0 Å². The Hall–Kier alpha value is -2.31. The number of thiazole rings is 1. The molecule has 0 bridgehead atoms. The summed E-state index contributed by atoms with van der Waals surface area (Å²) >= 11 is 6.55. The average Bonchev–Trinajstić information content (AvgIpc) is 2.90. The average molecular weight is 314 g/mol. The molecule has 6 heteroatoms. The summed E-state index contributed by atoms with van der Waals surface area (Å²) in [6, 6.07) is 15.4. The number of hydrogen-bond donors (Lipinski definition) is 1. The third-order valence-corrected chi connectivity index (χ3v) is 4.17. The summed E-state index contributed by atoms with van der Waals surface area (Å²) in [5.74, 6) is 0. The Labute approximate surface area is 129 Å². The molecule has 0 spiro atoms. The molecule has 0 radical (unpaired) electrons. The normalized spacial score (nSPS) is 10.5. The molecule has 104 valence electrons. The number of hydrogen-bond acceptors (Lipinski definition) is 4. The first-order chi connectivity index (χ1) is 10.1. The van der Waals surface area contributed by atoms with E-state index in [1.807, 2.05) is 29.6 Å². The Morgan fingerprint density at radius 2 is 1.90 bits per heavy atom. The molecule has 2 aromatic rings. The smallest absolute Gasteiger partial charge is 0.277 e. The summed E-state index contributed by atoms with van der Waals surface area (Å²) in [4.78, 5) is 12.8. The van der Waals surface area contributed by atoms with E-state index in [2.05, 4.69) is 17.1 Å². The number of nitrogens with one attached hydrogen (secondary N) is 1. The predicted molar refractivity (Wildman–Crippen MR) is 85.7 cm³/mol. The van der Waals surface area contributed by atoms with Crippen molar-refractivity contribution in [3.05, 3.63) is 78.4 Å². The van der Waals surface area contributed by atoms with Gasteiger partial charge in [0.05, 0.1) is 15.8 Å². The largest absolute Gasteiger partial charge is 0.337 e.